The normalized spacial score (nSPS) is 22.0. The second-order valence-electron chi connectivity index (χ2n) is 4.68. The fourth-order valence-electron chi connectivity index (χ4n) is 2.16. The van der Waals surface area contributed by atoms with Gasteiger partial charge >= 0.3 is 0 Å². The Morgan fingerprint density at radius 2 is 2.00 bits per heavy atom. The molecule has 18 heavy (non-hydrogen) atoms. The highest BCUT2D eigenvalue weighted by molar-refractivity contribution is 7.89. The molecular formula is C12H17FN2O2S. The zero-order valence-electron chi connectivity index (χ0n) is 10.3. The number of nitrogens with zero attached hydrogens (tertiary/aromatic N) is 1. The van der Waals surface area contributed by atoms with Gasteiger partial charge in [0.2, 0.25) is 10.0 Å². The van der Waals surface area contributed by atoms with E-state index in [1.165, 1.54) is 12.1 Å². The summed E-state index contributed by atoms with van der Waals surface area (Å²) in [5.41, 5.74) is 0. The molecule has 1 aliphatic heterocycles. The zero-order valence-corrected chi connectivity index (χ0v) is 11.1. The van der Waals surface area contributed by atoms with Crippen LogP contribution >= 0.6 is 0 Å². The molecule has 100 valence electrons. The van der Waals surface area contributed by atoms with E-state index in [-0.39, 0.29) is 10.9 Å². The van der Waals surface area contributed by atoms with Crippen LogP contribution < -0.4 is 4.72 Å². The Morgan fingerprint density at radius 3 is 2.61 bits per heavy atom. The Bertz CT molecular complexity index is 501. The topological polar surface area (TPSA) is 49.4 Å². The zero-order chi connectivity index (χ0) is 13.2. The van der Waals surface area contributed by atoms with Crippen LogP contribution in [0.1, 0.15) is 12.8 Å². The molecule has 0 amide bonds. The lowest BCUT2D eigenvalue weighted by molar-refractivity contribution is 0.242. The number of hydrogen-bond donors (Lipinski definition) is 1. The monoisotopic (exact) mass is 272 g/mol. The van der Waals surface area contributed by atoms with Crippen molar-refractivity contribution in [2.24, 2.45) is 0 Å². The van der Waals surface area contributed by atoms with Crippen molar-refractivity contribution < 1.29 is 12.8 Å². The molecule has 1 aliphatic rings. The van der Waals surface area contributed by atoms with Crippen molar-refractivity contribution in [1.29, 1.82) is 0 Å². The third kappa shape index (κ3) is 3.28. The number of benzene rings is 1. The first kappa shape index (κ1) is 13.5. The predicted molar refractivity (Wildman–Crippen MR) is 67.2 cm³/mol. The minimum Gasteiger partial charge on any atom is -0.305 e. The number of hydrogen-bond acceptors (Lipinski definition) is 3. The van der Waals surface area contributed by atoms with Gasteiger partial charge in [0, 0.05) is 12.6 Å². The first-order valence-corrected chi connectivity index (χ1v) is 7.42. The summed E-state index contributed by atoms with van der Waals surface area (Å²) >= 11 is 0. The summed E-state index contributed by atoms with van der Waals surface area (Å²) in [5.74, 6) is -0.439. The van der Waals surface area contributed by atoms with Crippen LogP contribution in [0.3, 0.4) is 0 Å². The molecule has 1 aromatic rings. The summed E-state index contributed by atoms with van der Waals surface area (Å²) in [6, 6.07) is 4.80. The Kier molecular flexibility index (Phi) is 3.99. The van der Waals surface area contributed by atoms with Crippen molar-refractivity contribution in [3.05, 3.63) is 30.1 Å². The molecule has 0 spiro atoms. The second-order valence-corrected chi connectivity index (χ2v) is 6.39. The number of sulfonamides is 1. The van der Waals surface area contributed by atoms with E-state index in [0.717, 1.165) is 31.5 Å². The average Bonchev–Trinajstić information content (AvgIpc) is 2.29. The predicted octanol–water partition coefficient (Wildman–Crippen LogP) is 1.20. The Balaban J connectivity index is 2.09. The van der Waals surface area contributed by atoms with Gasteiger partial charge in [-0.2, -0.15) is 0 Å². The molecule has 4 nitrogen and oxygen atoms in total. The molecule has 0 aromatic heterocycles. The van der Waals surface area contributed by atoms with Crippen LogP contribution in [0.4, 0.5) is 4.39 Å². The summed E-state index contributed by atoms with van der Waals surface area (Å²) in [4.78, 5) is 2.21. The third-order valence-electron chi connectivity index (χ3n) is 3.07. The summed E-state index contributed by atoms with van der Waals surface area (Å²) in [7, 11) is -1.57. The van der Waals surface area contributed by atoms with E-state index >= 15 is 0 Å². The van der Waals surface area contributed by atoms with Crippen molar-refractivity contribution in [1.82, 2.24) is 9.62 Å². The minimum atomic E-state index is -3.54. The molecule has 2 rings (SSSR count). The maximum absolute atomic E-state index is 12.8. The molecule has 1 atom stereocenters. The smallest absolute Gasteiger partial charge is 0.240 e. The van der Waals surface area contributed by atoms with Crippen LogP contribution in [0, 0.1) is 5.82 Å². The van der Waals surface area contributed by atoms with Crippen molar-refractivity contribution in [2.45, 2.75) is 23.8 Å². The van der Waals surface area contributed by atoms with Crippen LogP contribution in [0.15, 0.2) is 29.2 Å². The lowest BCUT2D eigenvalue weighted by atomic mass is 10.1. The summed E-state index contributed by atoms with van der Waals surface area (Å²) in [5, 5.41) is 0. The van der Waals surface area contributed by atoms with Gasteiger partial charge in [-0.3, -0.25) is 0 Å². The van der Waals surface area contributed by atoms with E-state index in [0.29, 0.717) is 6.54 Å². The van der Waals surface area contributed by atoms with Crippen LogP contribution in [0.5, 0.6) is 0 Å². The largest absolute Gasteiger partial charge is 0.305 e. The van der Waals surface area contributed by atoms with Crippen molar-refractivity contribution in [2.75, 3.05) is 20.1 Å². The molecule has 6 heteroatoms. The van der Waals surface area contributed by atoms with Gasteiger partial charge in [0.1, 0.15) is 5.82 Å². The van der Waals surface area contributed by atoms with Gasteiger partial charge < -0.3 is 4.90 Å². The fraction of sp³-hybridized carbons (Fsp3) is 0.500. The lowest BCUT2D eigenvalue weighted by Crippen LogP contribution is -2.46. The number of piperidine rings is 1. The van der Waals surface area contributed by atoms with Gasteiger partial charge in [-0.25, -0.2) is 17.5 Å². The van der Waals surface area contributed by atoms with Crippen molar-refractivity contribution >= 4 is 10.0 Å². The van der Waals surface area contributed by atoms with E-state index in [1.54, 1.807) is 0 Å². The van der Waals surface area contributed by atoms with E-state index in [1.807, 2.05) is 7.05 Å². The number of nitrogens with one attached hydrogen (secondary N) is 1. The van der Waals surface area contributed by atoms with Crippen molar-refractivity contribution in [3.63, 3.8) is 0 Å². The lowest BCUT2D eigenvalue weighted by Gasteiger charge is -2.29. The molecule has 1 fully saturated rings. The summed E-state index contributed by atoms with van der Waals surface area (Å²) in [6.07, 6.45) is 1.82. The standard InChI is InChI=1S/C12H17FN2O2S/c1-15-8-2-3-11(9-15)14-18(16,17)12-6-4-10(13)5-7-12/h4-7,11,14H,2-3,8-9H2,1H3. The Labute approximate surface area is 107 Å². The fourth-order valence-corrected chi connectivity index (χ4v) is 3.43. The van der Waals surface area contributed by atoms with E-state index in [4.69, 9.17) is 0 Å². The number of likely N-dealkylation sites (N-methyl/N-ethyl adjacent to an activating group) is 1. The Hall–Kier alpha value is -0.980. The van der Waals surface area contributed by atoms with Gasteiger partial charge in [-0.15, -0.1) is 0 Å². The molecule has 0 aliphatic carbocycles. The number of halogens is 1. The van der Waals surface area contributed by atoms with Crippen LogP contribution in [-0.2, 0) is 10.0 Å². The first-order valence-electron chi connectivity index (χ1n) is 5.94. The molecular weight excluding hydrogens is 255 g/mol. The minimum absolute atomic E-state index is 0.0706. The van der Waals surface area contributed by atoms with Crippen LogP contribution in [0.25, 0.3) is 0 Å². The molecule has 1 N–H and O–H groups in total. The molecule has 1 saturated heterocycles. The number of likely N-dealkylation sites (tertiary alicyclic amines) is 1. The van der Waals surface area contributed by atoms with Gasteiger partial charge in [0.15, 0.2) is 0 Å². The first-order chi connectivity index (χ1) is 8.47. The number of rotatable bonds is 3. The SMILES string of the molecule is CN1CCCC(NS(=O)(=O)c2ccc(F)cc2)C1. The highest BCUT2D eigenvalue weighted by Gasteiger charge is 2.23. The summed E-state index contributed by atoms with van der Waals surface area (Å²) in [6.45, 7) is 1.70. The maximum atomic E-state index is 12.8. The van der Waals surface area contributed by atoms with Crippen LogP contribution in [0.2, 0.25) is 0 Å². The quantitative estimate of drug-likeness (QED) is 0.899. The van der Waals surface area contributed by atoms with Gasteiger partial charge in [0.05, 0.1) is 4.90 Å². The molecule has 0 bridgehead atoms. The van der Waals surface area contributed by atoms with Crippen molar-refractivity contribution in [3.8, 4) is 0 Å². The molecule has 1 aromatic carbocycles. The van der Waals surface area contributed by atoms with E-state index in [9.17, 15) is 12.8 Å². The molecule has 1 heterocycles. The molecule has 0 saturated carbocycles. The highest BCUT2D eigenvalue weighted by Crippen LogP contribution is 2.14. The van der Waals surface area contributed by atoms with Gasteiger partial charge in [-0.05, 0) is 50.7 Å². The molecule has 0 radical (unpaired) electrons. The van der Waals surface area contributed by atoms with Gasteiger partial charge in [0.25, 0.3) is 0 Å². The van der Waals surface area contributed by atoms with E-state index in [2.05, 4.69) is 9.62 Å². The van der Waals surface area contributed by atoms with Gasteiger partial charge in [-0.1, -0.05) is 0 Å². The van der Waals surface area contributed by atoms with Crippen LogP contribution in [-0.4, -0.2) is 39.5 Å². The Morgan fingerprint density at radius 1 is 1.33 bits per heavy atom. The third-order valence-corrected chi connectivity index (χ3v) is 4.61. The highest BCUT2D eigenvalue weighted by atomic mass is 32.2. The summed E-state index contributed by atoms with van der Waals surface area (Å²) < 4.78 is 39.6. The average molecular weight is 272 g/mol. The second kappa shape index (κ2) is 5.34. The van der Waals surface area contributed by atoms with E-state index < -0.39 is 15.8 Å². The molecule has 1 unspecified atom stereocenters. The maximum Gasteiger partial charge on any atom is 0.240 e.